The quantitative estimate of drug-likeness (QED) is 0.442. The fourth-order valence-corrected chi connectivity index (χ4v) is 4.91. The van der Waals surface area contributed by atoms with Gasteiger partial charge in [-0.3, -0.25) is 9.59 Å². The summed E-state index contributed by atoms with van der Waals surface area (Å²) in [6.07, 6.45) is 4.06. The van der Waals surface area contributed by atoms with E-state index in [9.17, 15) is 19.7 Å². The molecule has 0 radical (unpaired) electrons. The summed E-state index contributed by atoms with van der Waals surface area (Å²) >= 11 is 2.63. The maximum absolute atomic E-state index is 12.5. The zero-order chi connectivity index (χ0) is 18.8. The van der Waals surface area contributed by atoms with Crippen LogP contribution < -0.4 is 11.1 Å². The molecule has 0 saturated carbocycles. The minimum absolute atomic E-state index is 0.245. The van der Waals surface area contributed by atoms with Crippen molar-refractivity contribution in [2.45, 2.75) is 36.3 Å². The second-order valence-electron chi connectivity index (χ2n) is 5.78. The molecule has 0 fully saturated rings. The van der Waals surface area contributed by atoms with E-state index in [1.165, 1.54) is 35.4 Å². The van der Waals surface area contributed by atoms with Crippen molar-refractivity contribution in [3.63, 3.8) is 0 Å². The average Bonchev–Trinajstić information content (AvgIpc) is 3.15. The van der Waals surface area contributed by atoms with Crippen molar-refractivity contribution in [3.8, 4) is 0 Å². The molecule has 0 aliphatic heterocycles. The molecular formula is C16H16N4O4S2. The van der Waals surface area contributed by atoms with Gasteiger partial charge in [0.1, 0.15) is 5.00 Å². The first-order valence-corrected chi connectivity index (χ1v) is 9.58. The smallest absolute Gasteiger partial charge is 0.363 e. The van der Waals surface area contributed by atoms with E-state index in [1.54, 1.807) is 13.0 Å². The number of thiophene rings is 1. The Balaban J connectivity index is 1.70. The lowest BCUT2D eigenvalue weighted by Crippen LogP contribution is -2.24. The average molecular weight is 392 g/mol. The monoisotopic (exact) mass is 392 g/mol. The number of rotatable bonds is 6. The number of aromatic nitrogens is 1. The number of nitrogens with zero attached hydrogens (tertiary/aromatic N) is 2. The first-order chi connectivity index (χ1) is 12.4. The third kappa shape index (κ3) is 3.70. The number of nitrogens with two attached hydrogens (primary N) is 1. The number of nitro groups is 1. The molecule has 2 aromatic rings. The predicted molar refractivity (Wildman–Crippen MR) is 99.7 cm³/mol. The summed E-state index contributed by atoms with van der Waals surface area (Å²) in [5.41, 5.74) is 6.87. The molecule has 0 aromatic carbocycles. The van der Waals surface area contributed by atoms with Gasteiger partial charge in [0.05, 0.1) is 15.7 Å². The van der Waals surface area contributed by atoms with Crippen LogP contribution in [0, 0.1) is 10.1 Å². The third-order valence-corrected chi connectivity index (χ3v) is 6.28. The first kappa shape index (κ1) is 18.3. The van der Waals surface area contributed by atoms with Crippen molar-refractivity contribution in [3.05, 3.63) is 44.4 Å². The summed E-state index contributed by atoms with van der Waals surface area (Å²) in [5, 5.41) is 13.5. The molecule has 1 atom stereocenters. The van der Waals surface area contributed by atoms with Crippen molar-refractivity contribution in [2.75, 3.05) is 5.32 Å². The highest BCUT2D eigenvalue weighted by Crippen LogP contribution is 2.39. The van der Waals surface area contributed by atoms with Gasteiger partial charge < -0.3 is 21.2 Å². The van der Waals surface area contributed by atoms with Crippen LogP contribution in [-0.4, -0.2) is 27.0 Å². The number of aryl methyl sites for hydroxylation is 1. The van der Waals surface area contributed by atoms with E-state index in [0.29, 0.717) is 15.5 Å². The van der Waals surface area contributed by atoms with Gasteiger partial charge >= 0.3 is 5.82 Å². The molecule has 1 aliphatic carbocycles. The van der Waals surface area contributed by atoms with Crippen LogP contribution >= 0.6 is 23.1 Å². The van der Waals surface area contributed by atoms with Gasteiger partial charge in [-0.15, -0.1) is 23.1 Å². The van der Waals surface area contributed by atoms with Crippen LogP contribution in [0.25, 0.3) is 0 Å². The van der Waals surface area contributed by atoms with E-state index in [1.807, 2.05) is 0 Å². The molecule has 1 aliphatic rings. The molecular weight excluding hydrogens is 376 g/mol. The third-order valence-electron chi connectivity index (χ3n) is 3.99. The van der Waals surface area contributed by atoms with E-state index in [-0.39, 0.29) is 11.7 Å². The van der Waals surface area contributed by atoms with Crippen LogP contribution in [0.3, 0.4) is 0 Å². The molecule has 2 aromatic heterocycles. The number of thioether (sulfide) groups is 1. The van der Waals surface area contributed by atoms with Gasteiger partial charge in [-0.05, 0) is 47.7 Å². The molecule has 136 valence electrons. The number of amides is 2. The van der Waals surface area contributed by atoms with Crippen LogP contribution in [0.5, 0.6) is 0 Å². The minimum atomic E-state index is -0.577. The molecule has 1 unspecified atom stereocenters. The zero-order valence-electron chi connectivity index (χ0n) is 13.9. The number of anilines is 1. The minimum Gasteiger partial charge on any atom is -0.365 e. The second-order valence-corrected chi connectivity index (χ2v) is 8.30. The van der Waals surface area contributed by atoms with E-state index in [2.05, 4.69) is 10.3 Å². The normalized spacial score (nSPS) is 13.9. The van der Waals surface area contributed by atoms with Gasteiger partial charge in [0.25, 0.3) is 5.91 Å². The topological polar surface area (TPSA) is 128 Å². The Kier molecular flexibility index (Phi) is 5.23. The van der Waals surface area contributed by atoms with Crippen LogP contribution in [0.4, 0.5) is 10.8 Å². The number of fused-ring (bicyclic) bond motifs is 1. The van der Waals surface area contributed by atoms with Gasteiger partial charge in [0.15, 0.2) is 6.20 Å². The Labute approximate surface area is 157 Å². The molecule has 26 heavy (non-hydrogen) atoms. The number of pyridine rings is 1. The number of hydrogen-bond acceptors (Lipinski definition) is 7. The first-order valence-electron chi connectivity index (χ1n) is 7.89. The van der Waals surface area contributed by atoms with E-state index in [0.717, 1.165) is 29.7 Å². The summed E-state index contributed by atoms with van der Waals surface area (Å²) in [6, 6.07) is 2.84. The van der Waals surface area contributed by atoms with Crippen molar-refractivity contribution in [1.29, 1.82) is 0 Å². The highest BCUT2D eigenvalue weighted by atomic mass is 32.2. The highest BCUT2D eigenvalue weighted by molar-refractivity contribution is 8.00. The molecule has 8 nitrogen and oxygen atoms in total. The number of nitrogens with one attached hydrogen (secondary N) is 1. The summed E-state index contributed by atoms with van der Waals surface area (Å²) < 4.78 is 0. The molecule has 0 bridgehead atoms. The lowest BCUT2D eigenvalue weighted by molar-refractivity contribution is -0.389. The lowest BCUT2D eigenvalue weighted by Gasteiger charge is -2.11. The van der Waals surface area contributed by atoms with Crippen LogP contribution in [0.2, 0.25) is 0 Å². The van der Waals surface area contributed by atoms with E-state index in [4.69, 9.17) is 5.73 Å². The van der Waals surface area contributed by atoms with E-state index < -0.39 is 16.1 Å². The van der Waals surface area contributed by atoms with Crippen molar-refractivity contribution >= 4 is 45.7 Å². The number of hydrogen-bond donors (Lipinski definition) is 2. The molecule has 3 N–H and O–H groups in total. The lowest BCUT2D eigenvalue weighted by atomic mass is 10.1. The number of carbonyl (C=O) groups is 2. The molecule has 0 saturated heterocycles. The number of primary amides is 1. The molecule has 2 amide bonds. The molecule has 3 rings (SSSR count). The Morgan fingerprint density at radius 2 is 2.19 bits per heavy atom. The van der Waals surface area contributed by atoms with Gasteiger partial charge in [0, 0.05) is 10.9 Å². The van der Waals surface area contributed by atoms with Crippen LogP contribution in [0.1, 0.15) is 34.1 Å². The van der Waals surface area contributed by atoms with Gasteiger partial charge in [0.2, 0.25) is 5.91 Å². The second kappa shape index (κ2) is 7.42. The zero-order valence-corrected chi connectivity index (χ0v) is 15.5. The molecule has 2 heterocycles. The fourth-order valence-electron chi connectivity index (χ4n) is 2.77. The Morgan fingerprint density at radius 1 is 1.42 bits per heavy atom. The number of carbonyl (C=O) groups excluding carboxylic acids is 2. The predicted octanol–water partition coefficient (Wildman–Crippen LogP) is 2.76. The van der Waals surface area contributed by atoms with Gasteiger partial charge in [-0.2, -0.15) is 0 Å². The van der Waals surface area contributed by atoms with Crippen LogP contribution in [0.15, 0.2) is 23.2 Å². The van der Waals surface area contributed by atoms with Gasteiger partial charge in [-0.25, -0.2) is 0 Å². The maximum atomic E-state index is 12.5. The van der Waals surface area contributed by atoms with E-state index >= 15 is 0 Å². The summed E-state index contributed by atoms with van der Waals surface area (Å²) in [5.74, 6) is -1.04. The summed E-state index contributed by atoms with van der Waals surface area (Å²) in [4.78, 5) is 39.8. The maximum Gasteiger partial charge on any atom is 0.363 e. The summed E-state index contributed by atoms with van der Waals surface area (Å²) in [6.45, 7) is 1.71. The Hall–Kier alpha value is -2.46. The Morgan fingerprint density at radius 3 is 2.81 bits per heavy atom. The van der Waals surface area contributed by atoms with Crippen molar-refractivity contribution < 1.29 is 14.5 Å². The molecule has 0 spiro atoms. The standard InChI is InChI=1S/C16H16N4O4S2/c1-8(25-9-5-6-12(18-7-9)20(23)24)15(22)19-16-13(14(17)21)10-3-2-4-11(10)26-16/h5-8H,2-4H2,1H3,(H2,17,21)(H,19,22). The SMILES string of the molecule is CC(Sc1ccc([N+](=O)[O-])nc1)C(=O)Nc1sc2c(c1C(N)=O)CCC2. The van der Waals surface area contributed by atoms with Gasteiger partial charge in [-0.1, -0.05) is 0 Å². The van der Waals surface area contributed by atoms with Crippen LogP contribution in [-0.2, 0) is 17.6 Å². The summed E-state index contributed by atoms with van der Waals surface area (Å²) in [7, 11) is 0. The largest absolute Gasteiger partial charge is 0.365 e. The Bertz CT molecular complexity index is 879. The fraction of sp³-hybridized carbons (Fsp3) is 0.312. The van der Waals surface area contributed by atoms with Crippen molar-refractivity contribution in [1.82, 2.24) is 4.98 Å². The van der Waals surface area contributed by atoms with Crippen molar-refractivity contribution in [2.24, 2.45) is 5.73 Å². The highest BCUT2D eigenvalue weighted by Gasteiger charge is 2.27. The molecule has 10 heteroatoms.